The van der Waals surface area contributed by atoms with E-state index in [0.717, 1.165) is 0 Å². The lowest BCUT2D eigenvalue weighted by atomic mass is 10.1. The first-order chi connectivity index (χ1) is 14.6. The summed E-state index contributed by atoms with van der Waals surface area (Å²) in [7, 11) is -3.85. The molecule has 0 aliphatic carbocycles. The minimum absolute atomic E-state index is 0.0576. The number of esters is 1. The van der Waals surface area contributed by atoms with Crippen molar-refractivity contribution < 1.29 is 22.7 Å². The molecule has 1 aromatic heterocycles. The molecule has 0 unspecified atom stereocenters. The molecule has 1 N–H and O–H groups in total. The molecule has 0 atom stereocenters. The van der Waals surface area contributed by atoms with Gasteiger partial charge >= 0.3 is 5.97 Å². The Bertz CT molecular complexity index is 1120. The van der Waals surface area contributed by atoms with Crippen LogP contribution in [0.4, 0.5) is 0 Å². The molecule has 3 rings (SSSR count). The van der Waals surface area contributed by atoms with E-state index in [0.29, 0.717) is 16.8 Å². The van der Waals surface area contributed by atoms with Gasteiger partial charge in [0.15, 0.2) is 0 Å². The average molecular weight is 488 g/mol. The second-order valence-electron chi connectivity index (χ2n) is 7.12. The number of rotatable bonds is 5. The van der Waals surface area contributed by atoms with Crippen molar-refractivity contribution in [3.63, 3.8) is 0 Å². The number of nitrogens with one attached hydrogen (secondary N) is 1. The number of aromatic amines is 1. The summed E-state index contributed by atoms with van der Waals surface area (Å²) in [4.78, 5) is 29.6. The molecule has 168 valence electrons. The van der Waals surface area contributed by atoms with Crippen LogP contribution >= 0.6 is 23.2 Å². The van der Waals surface area contributed by atoms with Gasteiger partial charge in [-0.05, 0) is 44.5 Å². The zero-order chi connectivity index (χ0) is 22.9. The molecule has 8 nitrogen and oxygen atoms in total. The number of hydrogen-bond donors (Lipinski definition) is 1. The van der Waals surface area contributed by atoms with Crippen LogP contribution in [0.15, 0.2) is 23.1 Å². The van der Waals surface area contributed by atoms with Crippen LogP contribution in [0, 0.1) is 13.8 Å². The molecule has 0 bridgehead atoms. The summed E-state index contributed by atoms with van der Waals surface area (Å²) in [6.45, 7) is 5.97. The first kappa shape index (κ1) is 23.6. The summed E-state index contributed by atoms with van der Waals surface area (Å²) in [5, 5.41) is 0.362. The predicted octanol–water partition coefficient (Wildman–Crippen LogP) is 3.26. The fraction of sp³-hybridized carbons (Fsp3) is 0.400. The van der Waals surface area contributed by atoms with Crippen molar-refractivity contribution in [2.24, 2.45) is 0 Å². The van der Waals surface area contributed by atoms with Crippen molar-refractivity contribution in [1.29, 1.82) is 0 Å². The maximum absolute atomic E-state index is 13.1. The molecule has 0 spiro atoms. The lowest BCUT2D eigenvalue weighted by Gasteiger charge is -2.34. The Kier molecular flexibility index (Phi) is 7.00. The lowest BCUT2D eigenvalue weighted by molar-refractivity contribution is 0.0519. The van der Waals surface area contributed by atoms with Gasteiger partial charge in [-0.2, -0.15) is 4.31 Å². The number of carbonyl (C=O) groups excluding carboxylic acids is 2. The molecule has 11 heteroatoms. The van der Waals surface area contributed by atoms with Gasteiger partial charge in [0.05, 0.1) is 17.2 Å². The highest BCUT2D eigenvalue weighted by Crippen LogP contribution is 2.29. The molecular weight excluding hydrogens is 465 g/mol. The Morgan fingerprint density at radius 3 is 2.39 bits per heavy atom. The van der Waals surface area contributed by atoms with Gasteiger partial charge in [-0.1, -0.05) is 23.2 Å². The van der Waals surface area contributed by atoms with Crippen LogP contribution in [0.5, 0.6) is 0 Å². The van der Waals surface area contributed by atoms with Crippen LogP contribution in [-0.2, 0) is 14.8 Å². The van der Waals surface area contributed by atoms with Gasteiger partial charge < -0.3 is 14.6 Å². The second-order valence-corrected chi connectivity index (χ2v) is 9.87. The van der Waals surface area contributed by atoms with Crippen molar-refractivity contribution in [1.82, 2.24) is 14.2 Å². The molecule has 2 aromatic rings. The molecule has 0 radical (unpaired) electrons. The van der Waals surface area contributed by atoms with Crippen molar-refractivity contribution in [2.75, 3.05) is 32.8 Å². The van der Waals surface area contributed by atoms with Crippen molar-refractivity contribution in [3.05, 3.63) is 50.8 Å². The Morgan fingerprint density at radius 1 is 1.13 bits per heavy atom. The minimum atomic E-state index is -3.85. The minimum Gasteiger partial charge on any atom is -0.461 e. The summed E-state index contributed by atoms with van der Waals surface area (Å²) >= 11 is 12.0. The Morgan fingerprint density at radius 2 is 1.77 bits per heavy atom. The van der Waals surface area contributed by atoms with E-state index in [2.05, 4.69) is 4.98 Å². The van der Waals surface area contributed by atoms with Gasteiger partial charge in [0, 0.05) is 36.9 Å². The van der Waals surface area contributed by atoms with E-state index in [-0.39, 0.29) is 59.3 Å². The van der Waals surface area contributed by atoms with E-state index in [1.165, 1.54) is 22.5 Å². The number of aromatic nitrogens is 1. The molecule has 1 saturated heterocycles. The van der Waals surface area contributed by atoms with Crippen molar-refractivity contribution in [2.45, 2.75) is 25.7 Å². The number of halogens is 2. The third-order valence-electron chi connectivity index (χ3n) is 5.17. The molecule has 31 heavy (non-hydrogen) atoms. The van der Waals surface area contributed by atoms with Gasteiger partial charge in [-0.15, -0.1) is 0 Å². The number of ether oxygens (including phenoxy) is 1. The lowest BCUT2D eigenvalue weighted by Crippen LogP contribution is -2.50. The average Bonchev–Trinajstić information content (AvgIpc) is 3.03. The Labute approximate surface area is 191 Å². The largest absolute Gasteiger partial charge is 0.461 e. The number of piperazine rings is 1. The van der Waals surface area contributed by atoms with E-state index in [4.69, 9.17) is 27.9 Å². The maximum Gasteiger partial charge on any atom is 0.355 e. The fourth-order valence-corrected chi connectivity index (χ4v) is 5.74. The van der Waals surface area contributed by atoms with Crippen LogP contribution in [0.1, 0.15) is 39.0 Å². The van der Waals surface area contributed by atoms with Crippen LogP contribution in [0.3, 0.4) is 0 Å². The van der Waals surface area contributed by atoms with Crippen molar-refractivity contribution in [3.8, 4) is 0 Å². The predicted molar refractivity (Wildman–Crippen MR) is 117 cm³/mol. The van der Waals surface area contributed by atoms with Gasteiger partial charge in [0.1, 0.15) is 10.6 Å². The van der Waals surface area contributed by atoms with E-state index in [1.807, 2.05) is 0 Å². The molecule has 1 aromatic carbocycles. The van der Waals surface area contributed by atoms with Crippen molar-refractivity contribution >= 4 is 45.1 Å². The topological polar surface area (TPSA) is 99.8 Å². The third kappa shape index (κ3) is 4.59. The first-order valence-corrected chi connectivity index (χ1v) is 11.9. The molecule has 1 fully saturated rings. The first-order valence-electron chi connectivity index (χ1n) is 9.68. The zero-order valence-corrected chi connectivity index (χ0v) is 19.7. The van der Waals surface area contributed by atoms with Crippen LogP contribution in [0.25, 0.3) is 0 Å². The highest BCUT2D eigenvalue weighted by atomic mass is 35.5. The van der Waals surface area contributed by atoms with Gasteiger partial charge in [0.2, 0.25) is 10.0 Å². The Hall–Kier alpha value is -2.07. The number of nitrogens with zero attached hydrogens (tertiary/aromatic N) is 2. The van der Waals surface area contributed by atoms with E-state index < -0.39 is 16.0 Å². The van der Waals surface area contributed by atoms with E-state index >= 15 is 0 Å². The standard InChI is InChI=1S/C20H23Cl2N3O5S/c1-4-30-20(27)18-12(2)17(13(3)23-18)19(26)24-7-9-25(10-8-24)31(28,29)16-11-14(21)5-6-15(16)22/h5-6,11,23H,4,7-10H2,1-3H3. The Balaban J connectivity index is 1.76. The van der Waals surface area contributed by atoms with Crippen LogP contribution < -0.4 is 0 Å². The molecule has 1 amide bonds. The number of H-pyrrole nitrogens is 1. The van der Waals surface area contributed by atoms with E-state index in [9.17, 15) is 18.0 Å². The van der Waals surface area contributed by atoms with Gasteiger partial charge in [-0.25, -0.2) is 13.2 Å². The molecule has 0 saturated carbocycles. The molecular formula is C20H23Cl2N3O5S. The quantitative estimate of drug-likeness (QED) is 0.652. The highest BCUT2D eigenvalue weighted by molar-refractivity contribution is 7.89. The van der Waals surface area contributed by atoms with E-state index in [1.54, 1.807) is 25.7 Å². The number of hydrogen-bond acceptors (Lipinski definition) is 5. The second kappa shape index (κ2) is 9.20. The number of carbonyl (C=O) groups is 2. The monoisotopic (exact) mass is 487 g/mol. The molecule has 1 aliphatic heterocycles. The summed E-state index contributed by atoms with van der Waals surface area (Å²) in [5.74, 6) is -0.781. The normalized spacial score (nSPS) is 15.2. The van der Waals surface area contributed by atoms with Gasteiger partial charge in [0.25, 0.3) is 5.91 Å². The summed E-state index contributed by atoms with van der Waals surface area (Å²) in [6.07, 6.45) is 0. The fourth-order valence-electron chi connectivity index (χ4n) is 3.58. The SMILES string of the molecule is CCOC(=O)c1[nH]c(C)c(C(=O)N2CCN(S(=O)(=O)c3cc(Cl)ccc3Cl)CC2)c1C. The van der Waals surface area contributed by atoms with Crippen LogP contribution in [-0.4, -0.2) is 67.3 Å². The number of benzene rings is 1. The highest BCUT2D eigenvalue weighted by Gasteiger charge is 2.33. The van der Waals surface area contributed by atoms with Crippen LogP contribution in [0.2, 0.25) is 10.0 Å². The third-order valence-corrected chi connectivity index (χ3v) is 7.78. The summed E-state index contributed by atoms with van der Waals surface area (Å²) in [6, 6.07) is 4.28. The zero-order valence-electron chi connectivity index (χ0n) is 17.4. The van der Waals surface area contributed by atoms with Gasteiger partial charge in [-0.3, -0.25) is 4.79 Å². The molecule has 2 heterocycles. The summed E-state index contributed by atoms with van der Waals surface area (Å²) < 4.78 is 32.3. The smallest absolute Gasteiger partial charge is 0.355 e. The summed E-state index contributed by atoms with van der Waals surface area (Å²) in [5.41, 5.74) is 1.73. The number of sulfonamides is 1. The maximum atomic E-state index is 13.1. The molecule has 1 aliphatic rings. The number of amides is 1. The number of aryl methyl sites for hydroxylation is 1.